The van der Waals surface area contributed by atoms with Crippen LogP contribution in [0.2, 0.25) is 0 Å². The highest BCUT2D eigenvalue weighted by molar-refractivity contribution is 6.29. The van der Waals surface area contributed by atoms with Crippen molar-refractivity contribution in [3.8, 4) is 6.07 Å². The molecule has 0 aromatic heterocycles. The lowest BCUT2D eigenvalue weighted by Crippen LogP contribution is -2.19. The van der Waals surface area contributed by atoms with Crippen molar-refractivity contribution in [2.24, 2.45) is 0 Å². The van der Waals surface area contributed by atoms with Gasteiger partial charge in [-0.2, -0.15) is 5.26 Å². The van der Waals surface area contributed by atoms with Gasteiger partial charge < -0.3 is 4.90 Å². The van der Waals surface area contributed by atoms with Crippen LogP contribution < -0.4 is 4.90 Å². The van der Waals surface area contributed by atoms with Crippen molar-refractivity contribution in [2.75, 3.05) is 18.5 Å². The number of halogens is 1. The van der Waals surface area contributed by atoms with Crippen LogP contribution >= 0.6 is 11.6 Å². The van der Waals surface area contributed by atoms with Crippen molar-refractivity contribution in [1.29, 1.82) is 5.26 Å². The summed E-state index contributed by atoms with van der Waals surface area (Å²) in [5.74, 6) is 0. The van der Waals surface area contributed by atoms with Crippen LogP contribution in [0.5, 0.6) is 0 Å². The van der Waals surface area contributed by atoms with Gasteiger partial charge in [0.25, 0.3) is 0 Å². The highest BCUT2D eigenvalue weighted by Gasteiger charge is 2.06. The molecule has 2 nitrogen and oxygen atoms in total. The monoisotopic (exact) mass is 206 g/mol. The Kier molecular flexibility index (Phi) is 3.55. The summed E-state index contributed by atoms with van der Waals surface area (Å²) < 4.78 is 0. The topological polar surface area (TPSA) is 27.0 Å². The fraction of sp³-hybridized carbons (Fsp3) is 0.182. The first-order valence-electron chi connectivity index (χ1n) is 4.18. The molecule has 14 heavy (non-hydrogen) atoms. The Bertz CT molecular complexity index is 379. The lowest BCUT2D eigenvalue weighted by atomic mass is 10.2. The van der Waals surface area contributed by atoms with E-state index in [2.05, 4.69) is 12.6 Å². The summed E-state index contributed by atoms with van der Waals surface area (Å²) in [4.78, 5) is 1.90. The zero-order valence-electron chi connectivity index (χ0n) is 8.00. The van der Waals surface area contributed by atoms with Gasteiger partial charge in [0.2, 0.25) is 0 Å². The van der Waals surface area contributed by atoms with Crippen LogP contribution in [0.15, 0.2) is 35.9 Å². The van der Waals surface area contributed by atoms with E-state index < -0.39 is 0 Å². The van der Waals surface area contributed by atoms with Crippen molar-refractivity contribution in [2.45, 2.75) is 0 Å². The Morgan fingerprint density at radius 2 is 2.21 bits per heavy atom. The average Bonchev–Trinajstić information content (AvgIpc) is 2.16. The number of nitriles is 1. The molecule has 0 radical (unpaired) electrons. The van der Waals surface area contributed by atoms with Crippen molar-refractivity contribution < 1.29 is 0 Å². The smallest absolute Gasteiger partial charge is 0.101 e. The maximum atomic E-state index is 8.87. The molecule has 0 aliphatic carbocycles. The first-order chi connectivity index (χ1) is 6.65. The quantitative estimate of drug-likeness (QED) is 0.761. The molecule has 0 amide bonds. The highest BCUT2D eigenvalue weighted by atomic mass is 35.5. The van der Waals surface area contributed by atoms with E-state index in [1.807, 2.05) is 30.1 Å². The van der Waals surface area contributed by atoms with Gasteiger partial charge in [0.15, 0.2) is 0 Å². The molecule has 0 aliphatic rings. The Hall–Kier alpha value is -1.46. The summed E-state index contributed by atoms with van der Waals surface area (Å²) in [6.45, 7) is 4.16. The van der Waals surface area contributed by atoms with Gasteiger partial charge in [-0.1, -0.05) is 30.3 Å². The molecule has 0 atom stereocenters. The van der Waals surface area contributed by atoms with Crippen LogP contribution in [-0.2, 0) is 0 Å². The number of likely N-dealkylation sites (N-methyl/N-ethyl adjacent to an activating group) is 1. The molecular formula is C11H11ClN2. The van der Waals surface area contributed by atoms with Crippen LogP contribution in [0.25, 0.3) is 0 Å². The molecule has 1 aromatic carbocycles. The van der Waals surface area contributed by atoms with E-state index in [4.69, 9.17) is 16.9 Å². The summed E-state index contributed by atoms with van der Waals surface area (Å²) in [6, 6.07) is 9.53. The molecule has 0 bridgehead atoms. The summed E-state index contributed by atoms with van der Waals surface area (Å²) in [5.41, 5.74) is 1.52. The molecule has 0 aliphatic heterocycles. The van der Waals surface area contributed by atoms with Crippen LogP contribution in [-0.4, -0.2) is 13.6 Å². The molecule has 1 rings (SSSR count). The molecule has 0 saturated heterocycles. The Morgan fingerprint density at radius 3 is 2.79 bits per heavy atom. The largest absolute Gasteiger partial charge is 0.368 e. The number of benzene rings is 1. The SMILES string of the molecule is C=C(Cl)CN(C)c1ccccc1C#N. The second-order valence-electron chi connectivity index (χ2n) is 3.00. The third-order valence-electron chi connectivity index (χ3n) is 1.84. The van der Waals surface area contributed by atoms with E-state index in [-0.39, 0.29) is 0 Å². The van der Waals surface area contributed by atoms with E-state index in [0.29, 0.717) is 17.1 Å². The number of hydrogen-bond acceptors (Lipinski definition) is 2. The normalized spacial score (nSPS) is 9.21. The van der Waals surface area contributed by atoms with E-state index in [0.717, 1.165) is 5.69 Å². The Morgan fingerprint density at radius 1 is 1.57 bits per heavy atom. The second-order valence-corrected chi connectivity index (χ2v) is 3.54. The number of nitrogens with zero attached hydrogens (tertiary/aromatic N) is 2. The second kappa shape index (κ2) is 4.69. The fourth-order valence-electron chi connectivity index (χ4n) is 1.24. The maximum Gasteiger partial charge on any atom is 0.101 e. The molecule has 1 aromatic rings. The number of hydrogen-bond donors (Lipinski definition) is 0. The summed E-state index contributed by atoms with van der Waals surface area (Å²) in [7, 11) is 1.88. The lowest BCUT2D eigenvalue weighted by molar-refractivity contribution is 1.02. The molecule has 0 fully saturated rings. The van der Waals surface area contributed by atoms with Crippen LogP contribution in [0.3, 0.4) is 0 Å². The molecule has 0 saturated carbocycles. The summed E-state index contributed by atoms with van der Waals surface area (Å²) in [6.07, 6.45) is 0. The average molecular weight is 207 g/mol. The molecule has 72 valence electrons. The van der Waals surface area contributed by atoms with Crippen molar-refractivity contribution in [1.82, 2.24) is 0 Å². The first-order valence-corrected chi connectivity index (χ1v) is 4.56. The maximum absolute atomic E-state index is 8.87. The van der Waals surface area contributed by atoms with Gasteiger partial charge in [-0.15, -0.1) is 0 Å². The summed E-state index contributed by atoms with van der Waals surface area (Å²) >= 11 is 5.70. The molecule has 3 heteroatoms. The molecule has 0 spiro atoms. The predicted molar refractivity (Wildman–Crippen MR) is 59.4 cm³/mol. The zero-order chi connectivity index (χ0) is 10.6. The van der Waals surface area contributed by atoms with Gasteiger partial charge in [0.1, 0.15) is 6.07 Å². The van der Waals surface area contributed by atoms with Crippen LogP contribution in [0.4, 0.5) is 5.69 Å². The summed E-state index contributed by atoms with van der Waals surface area (Å²) in [5, 5.41) is 9.43. The molecular weight excluding hydrogens is 196 g/mol. The van der Waals surface area contributed by atoms with E-state index in [1.165, 1.54) is 0 Å². The standard InChI is InChI=1S/C11H11ClN2/c1-9(12)8-14(2)11-6-4-3-5-10(11)7-13/h3-6H,1,8H2,2H3. The van der Waals surface area contributed by atoms with Gasteiger partial charge in [0, 0.05) is 12.1 Å². The zero-order valence-corrected chi connectivity index (χ0v) is 8.75. The Balaban J connectivity index is 2.95. The number of para-hydroxylation sites is 1. The minimum Gasteiger partial charge on any atom is -0.368 e. The van der Waals surface area contributed by atoms with E-state index in [9.17, 15) is 0 Å². The highest BCUT2D eigenvalue weighted by Crippen LogP contribution is 2.19. The van der Waals surface area contributed by atoms with Gasteiger partial charge >= 0.3 is 0 Å². The molecule has 0 unspecified atom stereocenters. The van der Waals surface area contributed by atoms with E-state index >= 15 is 0 Å². The van der Waals surface area contributed by atoms with Crippen LogP contribution in [0.1, 0.15) is 5.56 Å². The minimum atomic E-state index is 0.542. The van der Waals surface area contributed by atoms with Gasteiger partial charge in [-0.05, 0) is 12.1 Å². The van der Waals surface area contributed by atoms with Gasteiger partial charge in [-0.3, -0.25) is 0 Å². The lowest BCUT2D eigenvalue weighted by Gasteiger charge is -2.19. The van der Waals surface area contributed by atoms with Gasteiger partial charge in [0.05, 0.1) is 17.8 Å². The Labute approximate surface area is 89.0 Å². The molecule has 0 heterocycles. The van der Waals surface area contributed by atoms with Crippen molar-refractivity contribution in [3.63, 3.8) is 0 Å². The number of rotatable bonds is 3. The third-order valence-corrected chi connectivity index (χ3v) is 1.96. The number of anilines is 1. The van der Waals surface area contributed by atoms with Crippen LogP contribution in [0, 0.1) is 11.3 Å². The minimum absolute atomic E-state index is 0.542. The fourth-order valence-corrected chi connectivity index (χ4v) is 1.42. The van der Waals surface area contributed by atoms with Gasteiger partial charge in [-0.25, -0.2) is 0 Å². The third kappa shape index (κ3) is 2.51. The van der Waals surface area contributed by atoms with E-state index in [1.54, 1.807) is 6.07 Å². The van der Waals surface area contributed by atoms with Crippen molar-refractivity contribution in [3.05, 3.63) is 41.4 Å². The predicted octanol–water partition coefficient (Wildman–Crippen LogP) is 2.75. The molecule has 0 N–H and O–H groups in total. The van der Waals surface area contributed by atoms with Crippen molar-refractivity contribution >= 4 is 17.3 Å². The first kappa shape index (κ1) is 10.6.